The van der Waals surface area contributed by atoms with E-state index in [2.05, 4.69) is 50.0 Å². The van der Waals surface area contributed by atoms with Crippen molar-refractivity contribution in [3.8, 4) is 0 Å². The molecule has 1 fully saturated rings. The molecule has 3 rings (SSSR count). The van der Waals surface area contributed by atoms with Gasteiger partial charge in [-0.2, -0.15) is 4.98 Å². The van der Waals surface area contributed by atoms with E-state index >= 15 is 0 Å². The molecule has 3 heterocycles. The molecule has 1 saturated heterocycles. The molecule has 0 radical (unpaired) electrons. The largest absolute Gasteiger partial charge is 0.354 e. The number of nitrogens with zero attached hydrogens (tertiary/aromatic N) is 5. The third-order valence-corrected chi connectivity index (χ3v) is 4.22. The van der Waals surface area contributed by atoms with Gasteiger partial charge in [-0.15, -0.1) is 0 Å². The van der Waals surface area contributed by atoms with E-state index in [1.807, 2.05) is 30.6 Å². The van der Waals surface area contributed by atoms with Gasteiger partial charge in [-0.05, 0) is 30.5 Å². The third kappa shape index (κ3) is 4.34. The second kappa shape index (κ2) is 7.95. The van der Waals surface area contributed by atoms with Gasteiger partial charge in [-0.25, -0.2) is 9.97 Å². The van der Waals surface area contributed by atoms with Gasteiger partial charge < -0.3 is 15.1 Å². The average molecular weight is 326 g/mol. The Balaban J connectivity index is 1.56. The highest BCUT2D eigenvalue weighted by molar-refractivity contribution is 5.46. The summed E-state index contributed by atoms with van der Waals surface area (Å²) in [5.74, 6) is 3.45. The van der Waals surface area contributed by atoms with Crippen LogP contribution in [0.5, 0.6) is 0 Å². The standard InChI is InChI=1S/C18H26N6/c1-15(2)6-9-20-18-21-10-7-17(22-18)24-13-11-23(12-14-24)16-5-3-4-8-19-16/h3-5,7-8,10,15H,6,9,11-14H2,1-2H3,(H,20,21,22). The molecule has 0 aliphatic carbocycles. The van der Waals surface area contributed by atoms with Crippen molar-refractivity contribution in [1.82, 2.24) is 15.0 Å². The Bertz CT molecular complexity index is 622. The molecule has 0 saturated carbocycles. The Hall–Kier alpha value is -2.37. The van der Waals surface area contributed by atoms with Crippen molar-refractivity contribution in [2.75, 3.05) is 47.8 Å². The lowest BCUT2D eigenvalue weighted by Gasteiger charge is -2.36. The summed E-state index contributed by atoms with van der Waals surface area (Å²) in [6.07, 6.45) is 4.81. The molecule has 0 aromatic carbocycles. The monoisotopic (exact) mass is 326 g/mol. The minimum absolute atomic E-state index is 0.681. The highest BCUT2D eigenvalue weighted by atomic mass is 15.3. The minimum Gasteiger partial charge on any atom is -0.354 e. The molecule has 2 aromatic heterocycles. The van der Waals surface area contributed by atoms with E-state index in [1.54, 1.807) is 0 Å². The second-order valence-corrected chi connectivity index (χ2v) is 6.51. The molecule has 1 N–H and O–H groups in total. The molecular weight excluding hydrogens is 300 g/mol. The highest BCUT2D eigenvalue weighted by Crippen LogP contribution is 2.18. The number of hydrogen-bond donors (Lipinski definition) is 1. The fourth-order valence-corrected chi connectivity index (χ4v) is 2.79. The first-order valence-electron chi connectivity index (χ1n) is 8.70. The Labute approximate surface area is 143 Å². The van der Waals surface area contributed by atoms with E-state index < -0.39 is 0 Å². The molecule has 128 valence electrons. The third-order valence-electron chi connectivity index (χ3n) is 4.22. The van der Waals surface area contributed by atoms with Gasteiger partial charge in [0.05, 0.1) is 0 Å². The van der Waals surface area contributed by atoms with Crippen LogP contribution in [0.4, 0.5) is 17.6 Å². The summed E-state index contributed by atoms with van der Waals surface area (Å²) < 4.78 is 0. The van der Waals surface area contributed by atoms with E-state index in [0.29, 0.717) is 5.92 Å². The summed E-state index contributed by atoms with van der Waals surface area (Å²) in [6.45, 7) is 9.15. The molecule has 0 atom stereocenters. The number of piperazine rings is 1. The van der Waals surface area contributed by atoms with Gasteiger partial charge in [-0.3, -0.25) is 0 Å². The SMILES string of the molecule is CC(C)CCNc1nccc(N2CCN(c3ccccn3)CC2)n1. The number of hydrogen-bond acceptors (Lipinski definition) is 6. The molecule has 6 heteroatoms. The van der Waals surface area contributed by atoms with Gasteiger partial charge in [0.2, 0.25) is 5.95 Å². The van der Waals surface area contributed by atoms with Crippen LogP contribution in [0.2, 0.25) is 0 Å². The molecule has 2 aromatic rings. The van der Waals surface area contributed by atoms with E-state index in [1.165, 1.54) is 0 Å². The van der Waals surface area contributed by atoms with E-state index in [-0.39, 0.29) is 0 Å². The summed E-state index contributed by atoms with van der Waals surface area (Å²) in [7, 11) is 0. The van der Waals surface area contributed by atoms with Crippen molar-refractivity contribution in [3.63, 3.8) is 0 Å². The van der Waals surface area contributed by atoms with Crippen molar-refractivity contribution in [3.05, 3.63) is 36.7 Å². The molecular formula is C18H26N6. The Morgan fingerprint density at radius 1 is 0.958 bits per heavy atom. The Kier molecular flexibility index (Phi) is 5.46. The fourth-order valence-electron chi connectivity index (χ4n) is 2.79. The van der Waals surface area contributed by atoms with Crippen LogP contribution < -0.4 is 15.1 Å². The zero-order chi connectivity index (χ0) is 16.8. The molecule has 24 heavy (non-hydrogen) atoms. The maximum atomic E-state index is 4.66. The number of rotatable bonds is 6. The summed E-state index contributed by atoms with van der Waals surface area (Å²) >= 11 is 0. The van der Waals surface area contributed by atoms with Gasteiger partial charge >= 0.3 is 0 Å². The van der Waals surface area contributed by atoms with Crippen LogP contribution in [0, 0.1) is 5.92 Å². The average Bonchev–Trinajstić information content (AvgIpc) is 2.63. The lowest BCUT2D eigenvalue weighted by Crippen LogP contribution is -2.47. The number of anilines is 3. The van der Waals surface area contributed by atoms with Crippen molar-refractivity contribution < 1.29 is 0 Å². The van der Waals surface area contributed by atoms with Crippen LogP contribution in [0.3, 0.4) is 0 Å². The maximum Gasteiger partial charge on any atom is 0.224 e. The van der Waals surface area contributed by atoms with Crippen molar-refractivity contribution >= 4 is 17.6 Å². The van der Waals surface area contributed by atoms with E-state index in [4.69, 9.17) is 0 Å². The minimum atomic E-state index is 0.681. The quantitative estimate of drug-likeness (QED) is 0.881. The molecule has 1 aliphatic rings. The molecule has 0 bridgehead atoms. The lowest BCUT2D eigenvalue weighted by atomic mass is 10.1. The van der Waals surface area contributed by atoms with Crippen LogP contribution in [0.25, 0.3) is 0 Å². The molecule has 0 spiro atoms. The Morgan fingerprint density at radius 2 is 1.71 bits per heavy atom. The fraction of sp³-hybridized carbons (Fsp3) is 0.500. The zero-order valence-electron chi connectivity index (χ0n) is 14.5. The summed E-state index contributed by atoms with van der Waals surface area (Å²) in [4.78, 5) is 18.1. The predicted octanol–water partition coefficient (Wildman–Crippen LogP) is 2.66. The van der Waals surface area contributed by atoms with Crippen LogP contribution in [0.15, 0.2) is 36.7 Å². The van der Waals surface area contributed by atoms with Crippen molar-refractivity contribution in [1.29, 1.82) is 0 Å². The topological polar surface area (TPSA) is 57.2 Å². The van der Waals surface area contributed by atoms with Crippen LogP contribution in [-0.4, -0.2) is 47.7 Å². The van der Waals surface area contributed by atoms with Gasteiger partial charge in [-0.1, -0.05) is 19.9 Å². The second-order valence-electron chi connectivity index (χ2n) is 6.51. The molecule has 1 aliphatic heterocycles. The van der Waals surface area contributed by atoms with Gasteiger partial charge in [0.15, 0.2) is 0 Å². The number of nitrogens with one attached hydrogen (secondary N) is 1. The van der Waals surface area contributed by atoms with Gasteiger partial charge in [0.25, 0.3) is 0 Å². The number of pyridine rings is 1. The highest BCUT2D eigenvalue weighted by Gasteiger charge is 2.19. The van der Waals surface area contributed by atoms with E-state index in [9.17, 15) is 0 Å². The lowest BCUT2D eigenvalue weighted by molar-refractivity contribution is 0.605. The van der Waals surface area contributed by atoms with Crippen LogP contribution in [0.1, 0.15) is 20.3 Å². The molecule has 6 nitrogen and oxygen atoms in total. The van der Waals surface area contributed by atoms with Crippen LogP contribution in [-0.2, 0) is 0 Å². The molecule has 0 unspecified atom stereocenters. The van der Waals surface area contributed by atoms with Crippen molar-refractivity contribution in [2.45, 2.75) is 20.3 Å². The normalized spacial score (nSPS) is 15.0. The van der Waals surface area contributed by atoms with Crippen LogP contribution >= 0.6 is 0 Å². The maximum absolute atomic E-state index is 4.66. The van der Waals surface area contributed by atoms with Gasteiger partial charge in [0, 0.05) is 45.1 Å². The zero-order valence-corrected chi connectivity index (χ0v) is 14.5. The number of aromatic nitrogens is 3. The first-order valence-corrected chi connectivity index (χ1v) is 8.70. The van der Waals surface area contributed by atoms with Gasteiger partial charge in [0.1, 0.15) is 11.6 Å². The summed E-state index contributed by atoms with van der Waals surface area (Å²) in [6, 6.07) is 8.05. The Morgan fingerprint density at radius 3 is 2.38 bits per heavy atom. The first kappa shape index (κ1) is 16.5. The molecule has 0 amide bonds. The first-order chi connectivity index (χ1) is 11.7. The van der Waals surface area contributed by atoms with Crippen molar-refractivity contribution in [2.24, 2.45) is 5.92 Å². The summed E-state index contributed by atoms with van der Waals surface area (Å²) in [5.41, 5.74) is 0. The predicted molar refractivity (Wildman–Crippen MR) is 98.6 cm³/mol. The van der Waals surface area contributed by atoms with E-state index in [0.717, 1.165) is 56.7 Å². The summed E-state index contributed by atoms with van der Waals surface area (Å²) in [5, 5.41) is 3.32. The smallest absolute Gasteiger partial charge is 0.224 e.